The van der Waals surface area contributed by atoms with Crippen LogP contribution in [0.1, 0.15) is 32.3 Å². The van der Waals surface area contributed by atoms with Crippen molar-refractivity contribution in [2.45, 2.75) is 39.2 Å². The summed E-state index contributed by atoms with van der Waals surface area (Å²) in [5.41, 5.74) is 1.71. The van der Waals surface area contributed by atoms with Crippen LogP contribution in [0.5, 0.6) is 5.75 Å². The average Bonchev–Trinajstić information content (AvgIpc) is 2.89. The number of nitrogens with one attached hydrogen (secondary N) is 2. The minimum absolute atomic E-state index is 0.0992. The summed E-state index contributed by atoms with van der Waals surface area (Å²) in [5.74, 6) is 0.523. The van der Waals surface area contributed by atoms with Gasteiger partial charge in [0.1, 0.15) is 23.6 Å². The topological polar surface area (TPSA) is 132 Å². The number of ether oxygens (including phenoxy) is 2. The Labute approximate surface area is 226 Å². The quantitative estimate of drug-likeness (QED) is 0.144. The van der Waals surface area contributed by atoms with Crippen molar-refractivity contribution < 1.29 is 18.8 Å². The lowest BCUT2D eigenvalue weighted by atomic mass is 10.1. The zero-order valence-corrected chi connectivity index (χ0v) is 23.6. The molecule has 0 saturated heterocycles. The van der Waals surface area contributed by atoms with Crippen LogP contribution in [0.3, 0.4) is 0 Å². The number of hydrogen-bond acceptors (Lipinski definition) is 10. The third-order valence-corrected chi connectivity index (χ3v) is 7.56. The van der Waals surface area contributed by atoms with Gasteiger partial charge in [0.2, 0.25) is 5.95 Å². The number of hydrogen-bond donors (Lipinski definition) is 2. The Balaban J connectivity index is 1.85. The molecule has 38 heavy (non-hydrogen) atoms. The molecule has 202 valence electrons. The molecule has 1 atom stereocenters. The fourth-order valence-corrected chi connectivity index (χ4v) is 4.87. The van der Waals surface area contributed by atoms with Gasteiger partial charge in [-0.1, -0.05) is 30.7 Å². The summed E-state index contributed by atoms with van der Waals surface area (Å²) in [7, 11) is -1.09. The predicted molar refractivity (Wildman–Crippen MR) is 152 cm³/mol. The zero-order chi connectivity index (χ0) is 27.9. The minimum atomic E-state index is -2.57. The van der Waals surface area contributed by atoms with E-state index in [2.05, 4.69) is 25.8 Å². The summed E-state index contributed by atoms with van der Waals surface area (Å²) in [6, 6.07) is 10.4. The van der Waals surface area contributed by atoms with Crippen LogP contribution < -0.4 is 20.7 Å². The number of anilines is 4. The number of carbonyl (C=O) groups is 1. The number of carbonyl (C=O) groups excluding carboxylic acids is 1. The van der Waals surface area contributed by atoms with Crippen LogP contribution in [0.15, 0.2) is 47.8 Å². The molecule has 0 aliphatic carbocycles. The molecule has 0 amide bonds. The van der Waals surface area contributed by atoms with Crippen LogP contribution in [-0.4, -0.2) is 42.5 Å². The Hall–Kier alpha value is -3.49. The summed E-state index contributed by atoms with van der Waals surface area (Å²) < 4.78 is 23.5. The maximum absolute atomic E-state index is 12.7. The number of benzene rings is 2. The van der Waals surface area contributed by atoms with Crippen molar-refractivity contribution in [3.8, 4) is 5.75 Å². The largest absolute Gasteiger partial charge is 0.495 e. The number of rotatable bonds is 12. The van der Waals surface area contributed by atoms with Gasteiger partial charge in [0.25, 0.3) is 0 Å². The van der Waals surface area contributed by atoms with Crippen molar-refractivity contribution in [2.24, 2.45) is 5.18 Å². The van der Waals surface area contributed by atoms with Gasteiger partial charge in [0.05, 0.1) is 30.8 Å². The fraction of sp³-hybridized carbons (Fsp3) is 0.346. The number of esters is 1. The molecule has 1 unspecified atom stereocenters. The molecule has 0 fully saturated rings. The average molecular weight is 560 g/mol. The standard InChI is InChI=1S/C26H31ClN5O5P/c1-6-16(2)37-24(33)12-11-17-13-22(36-3)21(14-20(17)32-34)30-26-28-15-18(27)25(31-26)29-19-9-7-8-10-23(19)38(4,5)35/h7-10,13-16H,6,11-12H2,1-5H3,(H2,28,29,30,31). The van der Waals surface area contributed by atoms with E-state index in [0.29, 0.717) is 33.8 Å². The first kappa shape index (κ1) is 29.1. The summed E-state index contributed by atoms with van der Waals surface area (Å²) in [5, 5.41) is 10.2. The fourth-order valence-electron chi connectivity index (χ4n) is 3.58. The van der Waals surface area contributed by atoms with Crippen molar-refractivity contribution >= 4 is 58.8 Å². The lowest BCUT2D eigenvalue weighted by molar-refractivity contribution is -0.148. The molecule has 0 aliphatic heterocycles. The third-order valence-electron chi connectivity index (χ3n) is 5.73. The summed E-state index contributed by atoms with van der Waals surface area (Å²) in [6.45, 7) is 7.13. The molecule has 1 aromatic heterocycles. The monoisotopic (exact) mass is 559 g/mol. The van der Waals surface area contributed by atoms with Crippen LogP contribution >= 0.6 is 18.7 Å². The van der Waals surface area contributed by atoms with Crippen LogP contribution in [0, 0.1) is 4.91 Å². The van der Waals surface area contributed by atoms with E-state index >= 15 is 0 Å². The van der Waals surface area contributed by atoms with Gasteiger partial charge in [-0.15, -0.1) is 4.91 Å². The Bertz CT molecular complexity index is 1360. The molecule has 3 rings (SSSR count). The van der Waals surface area contributed by atoms with Gasteiger partial charge in [0, 0.05) is 11.7 Å². The van der Waals surface area contributed by atoms with Crippen molar-refractivity contribution in [3.63, 3.8) is 0 Å². The van der Waals surface area contributed by atoms with E-state index in [1.54, 1.807) is 31.5 Å². The van der Waals surface area contributed by atoms with Gasteiger partial charge >= 0.3 is 5.97 Å². The Kier molecular flexibility index (Phi) is 9.83. The van der Waals surface area contributed by atoms with Crippen molar-refractivity contribution in [1.82, 2.24) is 9.97 Å². The first-order valence-corrected chi connectivity index (χ1v) is 15.0. The van der Waals surface area contributed by atoms with E-state index in [9.17, 15) is 14.3 Å². The Morgan fingerprint density at radius 1 is 1.18 bits per heavy atom. The highest BCUT2D eigenvalue weighted by atomic mass is 35.5. The number of aryl methyl sites for hydroxylation is 1. The van der Waals surface area contributed by atoms with Crippen LogP contribution in [0.2, 0.25) is 5.02 Å². The molecular weight excluding hydrogens is 529 g/mol. The second kappa shape index (κ2) is 12.8. The zero-order valence-electron chi connectivity index (χ0n) is 21.9. The van der Waals surface area contributed by atoms with Crippen molar-refractivity contribution in [3.05, 3.63) is 58.1 Å². The second-order valence-corrected chi connectivity index (χ2v) is 12.6. The van der Waals surface area contributed by atoms with E-state index < -0.39 is 7.14 Å². The minimum Gasteiger partial charge on any atom is -0.495 e. The number of halogens is 1. The molecule has 0 saturated carbocycles. The van der Waals surface area contributed by atoms with E-state index in [-0.39, 0.29) is 41.6 Å². The Morgan fingerprint density at radius 3 is 2.58 bits per heavy atom. The van der Waals surface area contributed by atoms with Crippen LogP contribution in [0.4, 0.5) is 28.8 Å². The summed E-state index contributed by atoms with van der Waals surface area (Å²) in [6.07, 6.45) is 2.32. The first-order chi connectivity index (χ1) is 18.0. The van der Waals surface area contributed by atoms with Crippen LogP contribution in [0.25, 0.3) is 0 Å². The normalized spacial score (nSPS) is 11.9. The van der Waals surface area contributed by atoms with E-state index in [0.717, 1.165) is 6.42 Å². The maximum Gasteiger partial charge on any atom is 0.306 e. The van der Waals surface area contributed by atoms with Crippen molar-refractivity contribution in [2.75, 3.05) is 31.1 Å². The molecule has 0 spiro atoms. The number of nitrogens with zero attached hydrogens (tertiary/aromatic N) is 3. The molecule has 1 heterocycles. The predicted octanol–water partition coefficient (Wildman–Crippen LogP) is 6.55. The second-order valence-electron chi connectivity index (χ2n) is 8.99. The number of nitroso groups, excluding NO2 is 1. The summed E-state index contributed by atoms with van der Waals surface area (Å²) in [4.78, 5) is 32.4. The SMILES string of the molecule is CCC(C)OC(=O)CCc1cc(OC)c(Nc2ncc(Cl)c(Nc3ccccc3P(C)(C)=O)n2)cc1N=O. The first-order valence-electron chi connectivity index (χ1n) is 12.0. The molecule has 3 aromatic rings. The molecule has 0 radical (unpaired) electrons. The van der Waals surface area contributed by atoms with E-state index in [1.807, 2.05) is 26.0 Å². The molecule has 12 heteroatoms. The molecule has 0 aliphatic rings. The van der Waals surface area contributed by atoms with E-state index in [4.69, 9.17) is 21.1 Å². The number of aromatic nitrogens is 2. The van der Waals surface area contributed by atoms with Gasteiger partial charge in [-0.3, -0.25) is 4.79 Å². The molecule has 0 bridgehead atoms. The lowest BCUT2D eigenvalue weighted by Gasteiger charge is -2.16. The van der Waals surface area contributed by atoms with Gasteiger partial charge < -0.3 is 24.7 Å². The van der Waals surface area contributed by atoms with Gasteiger partial charge in [-0.2, -0.15) is 4.98 Å². The summed E-state index contributed by atoms with van der Waals surface area (Å²) >= 11 is 6.34. The van der Waals surface area contributed by atoms with Gasteiger partial charge in [0.15, 0.2) is 5.82 Å². The lowest BCUT2D eigenvalue weighted by Crippen LogP contribution is -2.14. The molecule has 2 aromatic carbocycles. The molecule has 10 nitrogen and oxygen atoms in total. The molecular formula is C26H31ClN5O5P. The highest BCUT2D eigenvalue weighted by molar-refractivity contribution is 7.70. The Morgan fingerprint density at radius 2 is 1.92 bits per heavy atom. The number of methoxy groups -OCH3 is 1. The molecule has 2 N–H and O–H groups in total. The van der Waals surface area contributed by atoms with E-state index in [1.165, 1.54) is 19.4 Å². The smallest absolute Gasteiger partial charge is 0.306 e. The van der Waals surface area contributed by atoms with Gasteiger partial charge in [-0.25, -0.2) is 4.98 Å². The highest BCUT2D eigenvalue weighted by Crippen LogP contribution is 2.39. The van der Waals surface area contributed by atoms with Gasteiger partial charge in [-0.05, 0) is 68.1 Å². The maximum atomic E-state index is 12.7. The third kappa shape index (κ3) is 7.52. The van der Waals surface area contributed by atoms with Crippen LogP contribution in [-0.2, 0) is 20.5 Å². The van der Waals surface area contributed by atoms with Crippen molar-refractivity contribution in [1.29, 1.82) is 0 Å². The highest BCUT2D eigenvalue weighted by Gasteiger charge is 2.18. The number of para-hydroxylation sites is 1.